The lowest BCUT2D eigenvalue weighted by molar-refractivity contribution is -0.166. The molecule has 80 valence electrons. The van der Waals surface area contributed by atoms with E-state index in [9.17, 15) is 9.59 Å². The molecule has 0 radical (unpaired) electrons. The number of carbonyl (C=O) groups is 2. The van der Waals surface area contributed by atoms with E-state index in [1.165, 1.54) is 4.90 Å². The van der Waals surface area contributed by atoms with Crippen LogP contribution < -0.4 is 0 Å². The maximum atomic E-state index is 11.8. The summed E-state index contributed by atoms with van der Waals surface area (Å²) >= 11 is 0. The molecule has 0 heterocycles. The molecule has 4 heteroatoms. The molecule has 1 N–H and O–H groups in total. The summed E-state index contributed by atoms with van der Waals surface area (Å²) in [6.07, 6.45) is 2.69. The predicted octanol–water partition coefficient (Wildman–Crippen LogP) is 1.11. The van der Waals surface area contributed by atoms with Gasteiger partial charge in [-0.1, -0.05) is 13.3 Å². The van der Waals surface area contributed by atoms with E-state index >= 15 is 0 Å². The number of hydrogen-bond donors (Lipinski definition) is 1. The summed E-state index contributed by atoms with van der Waals surface area (Å²) in [7, 11) is 1.68. The van der Waals surface area contributed by atoms with Gasteiger partial charge < -0.3 is 10.0 Å². The van der Waals surface area contributed by atoms with Crippen LogP contribution in [0.1, 0.15) is 32.6 Å². The van der Waals surface area contributed by atoms with Crippen molar-refractivity contribution in [2.75, 3.05) is 13.6 Å². The fourth-order valence-corrected chi connectivity index (χ4v) is 1.85. The lowest BCUT2D eigenvalue weighted by Crippen LogP contribution is -2.51. The summed E-state index contributed by atoms with van der Waals surface area (Å²) in [5.41, 5.74) is -1.09. The second-order valence-electron chi connectivity index (χ2n) is 3.97. The summed E-state index contributed by atoms with van der Waals surface area (Å²) in [4.78, 5) is 24.4. The van der Waals surface area contributed by atoms with Crippen molar-refractivity contribution >= 4 is 11.9 Å². The molecule has 0 aromatic heterocycles. The molecule has 0 aromatic carbocycles. The molecule has 0 unspecified atom stereocenters. The van der Waals surface area contributed by atoms with Crippen LogP contribution in [-0.4, -0.2) is 35.5 Å². The number of hydrogen-bond acceptors (Lipinski definition) is 2. The maximum absolute atomic E-state index is 11.8. The number of carboxylic acids is 1. The Balaban J connectivity index is 2.70. The molecule has 14 heavy (non-hydrogen) atoms. The quantitative estimate of drug-likeness (QED) is 0.690. The Morgan fingerprint density at radius 2 is 2.00 bits per heavy atom. The molecule has 1 rings (SSSR count). The van der Waals surface area contributed by atoms with Gasteiger partial charge in [0.05, 0.1) is 0 Å². The zero-order valence-corrected chi connectivity index (χ0v) is 8.75. The van der Waals surface area contributed by atoms with E-state index in [0.717, 1.165) is 12.8 Å². The Bertz CT molecular complexity index is 246. The Morgan fingerprint density at radius 3 is 2.29 bits per heavy atom. The van der Waals surface area contributed by atoms with Crippen LogP contribution in [0.25, 0.3) is 0 Å². The van der Waals surface area contributed by atoms with Gasteiger partial charge in [0.25, 0.3) is 0 Å². The first-order valence-electron chi connectivity index (χ1n) is 5.03. The summed E-state index contributed by atoms with van der Waals surface area (Å²) in [5.74, 6) is -1.19. The van der Waals surface area contributed by atoms with Gasteiger partial charge in [0.1, 0.15) is 5.41 Å². The van der Waals surface area contributed by atoms with Crippen LogP contribution in [0.2, 0.25) is 0 Å². The first-order valence-corrected chi connectivity index (χ1v) is 5.03. The molecule has 1 amide bonds. The van der Waals surface area contributed by atoms with Crippen molar-refractivity contribution in [2.45, 2.75) is 32.6 Å². The largest absolute Gasteiger partial charge is 0.480 e. The van der Waals surface area contributed by atoms with Gasteiger partial charge in [-0.15, -0.1) is 0 Å². The molecule has 1 aliphatic carbocycles. The van der Waals surface area contributed by atoms with Gasteiger partial charge >= 0.3 is 5.97 Å². The average Bonchev–Trinajstić information content (AvgIpc) is 2.01. The number of aliphatic carboxylic acids is 1. The normalized spacial score (nSPS) is 18.4. The average molecular weight is 199 g/mol. The first-order chi connectivity index (χ1) is 6.54. The van der Waals surface area contributed by atoms with Crippen molar-refractivity contribution in [1.29, 1.82) is 0 Å². The number of nitrogens with zero attached hydrogens (tertiary/aromatic N) is 1. The van der Waals surface area contributed by atoms with Crippen molar-refractivity contribution in [3.63, 3.8) is 0 Å². The number of carbonyl (C=O) groups excluding carboxylic acids is 1. The Labute approximate surface area is 83.9 Å². The maximum Gasteiger partial charge on any atom is 0.319 e. The zero-order chi connectivity index (χ0) is 10.8. The Kier molecular flexibility index (Phi) is 3.13. The van der Waals surface area contributed by atoms with Gasteiger partial charge in [-0.05, 0) is 19.3 Å². The number of carboxylic acid groups (broad SMARTS) is 1. The smallest absolute Gasteiger partial charge is 0.319 e. The highest BCUT2D eigenvalue weighted by atomic mass is 16.4. The van der Waals surface area contributed by atoms with E-state index in [-0.39, 0.29) is 5.91 Å². The minimum Gasteiger partial charge on any atom is -0.480 e. The van der Waals surface area contributed by atoms with Crippen LogP contribution in [0, 0.1) is 5.41 Å². The molecular formula is C10H17NO3. The van der Waals surface area contributed by atoms with Crippen molar-refractivity contribution in [2.24, 2.45) is 5.41 Å². The van der Waals surface area contributed by atoms with Gasteiger partial charge in [0.2, 0.25) is 5.91 Å². The van der Waals surface area contributed by atoms with Crippen LogP contribution in [0.3, 0.4) is 0 Å². The topological polar surface area (TPSA) is 57.6 Å². The lowest BCUT2D eigenvalue weighted by atomic mass is 9.68. The third kappa shape index (κ3) is 1.61. The van der Waals surface area contributed by atoms with Crippen LogP contribution in [0.4, 0.5) is 0 Å². The fourth-order valence-electron chi connectivity index (χ4n) is 1.85. The minimum absolute atomic E-state index is 0.224. The highest BCUT2D eigenvalue weighted by molar-refractivity contribution is 6.02. The minimum atomic E-state index is -1.09. The molecular weight excluding hydrogens is 182 g/mol. The highest BCUT2D eigenvalue weighted by Gasteiger charge is 2.52. The van der Waals surface area contributed by atoms with Crippen LogP contribution in [-0.2, 0) is 9.59 Å². The van der Waals surface area contributed by atoms with Gasteiger partial charge in [0.15, 0.2) is 0 Å². The summed E-state index contributed by atoms with van der Waals surface area (Å²) in [6, 6.07) is 0. The van der Waals surface area contributed by atoms with Crippen molar-refractivity contribution in [3.05, 3.63) is 0 Å². The second kappa shape index (κ2) is 3.98. The van der Waals surface area contributed by atoms with Gasteiger partial charge in [-0.3, -0.25) is 9.59 Å². The van der Waals surface area contributed by atoms with E-state index in [2.05, 4.69) is 0 Å². The lowest BCUT2D eigenvalue weighted by Gasteiger charge is -2.38. The summed E-state index contributed by atoms with van der Waals surface area (Å²) in [6.45, 7) is 2.60. The van der Waals surface area contributed by atoms with E-state index in [1.807, 2.05) is 6.92 Å². The summed E-state index contributed by atoms with van der Waals surface area (Å²) in [5, 5.41) is 9.02. The van der Waals surface area contributed by atoms with E-state index in [1.54, 1.807) is 7.05 Å². The Morgan fingerprint density at radius 1 is 1.43 bits per heavy atom. The highest BCUT2D eigenvalue weighted by Crippen LogP contribution is 2.42. The summed E-state index contributed by atoms with van der Waals surface area (Å²) < 4.78 is 0. The van der Waals surface area contributed by atoms with Crippen molar-refractivity contribution in [1.82, 2.24) is 4.90 Å². The van der Waals surface area contributed by atoms with Crippen LogP contribution in [0.15, 0.2) is 0 Å². The number of rotatable bonds is 4. The molecule has 0 spiro atoms. The molecule has 0 aromatic rings. The third-order valence-corrected chi connectivity index (χ3v) is 2.93. The molecule has 1 fully saturated rings. The molecule has 1 aliphatic rings. The standard InChI is InChI=1S/C10H17NO3/c1-3-7-11(2)8(12)10(9(13)14)5-4-6-10/h3-7H2,1-2H3,(H,13,14). The SMILES string of the molecule is CCCN(C)C(=O)C1(C(=O)O)CCC1. The molecule has 0 aliphatic heterocycles. The molecule has 0 saturated heterocycles. The monoisotopic (exact) mass is 199 g/mol. The Hall–Kier alpha value is -1.06. The molecule has 0 atom stereocenters. The zero-order valence-electron chi connectivity index (χ0n) is 8.75. The predicted molar refractivity (Wildman–Crippen MR) is 51.8 cm³/mol. The number of amides is 1. The second-order valence-corrected chi connectivity index (χ2v) is 3.97. The van der Waals surface area contributed by atoms with Crippen molar-refractivity contribution in [3.8, 4) is 0 Å². The first kappa shape index (κ1) is 11.0. The molecule has 0 bridgehead atoms. The van der Waals surface area contributed by atoms with E-state index in [4.69, 9.17) is 5.11 Å². The third-order valence-electron chi connectivity index (χ3n) is 2.93. The van der Waals surface area contributed by atoms with Crippen LogP contribution >= 0.6 is 0 Å². The molecule has 1 saturated carbocycles. The van der Waals surface area contributed by atoms with E-state index in [0.29, 0.717) is 19.4 Å². The van der Waals surface area contributed by atoms with Crippen molar-refractivity contribution < 1.29 is 14.7 Å². The van der Waals surface area contributed by atoms with Gasteiger partial charge in [0, 0.05) is 13.6 Å². The van der Waals surface area contributed by atoms with Crippen LogP contribution in [0.5, 0.6) is 0 Å². The van der Waals surface area contributed by atoms with Gasteiger partial charge in [-0.25, -0.2) is 0 Å². The fraction of sp³-hybridized carbons (Fsp3) is 0.800. The van der Waals surface area contributed by atoms with Gasteiger partial charge in [-0.2, -0.15) is 0 Å². The molecule has 4 nitrogen and oxygen atoms in total. The van der Waals surface area contributed by atoms with E-state index < -0.39 is 11.4 Å².